The Labute approximate surface area is 148 Å². The number of urea groups is 1. The number of carbonyl (C=O) groups is 1. The van der Waals surface area contributed by atoms with Crippen LogP contribution in [0.1, 0.15) is 5.56 Å². The van der Waals surface area contributed by atoms with Gasteiger partial charge in [0.15, 0.2) is 5.82 Å². The fourth-order valence-electron chi connectivity index (χ4n) is 2.06. The molecule has 0 radical (unpaired) electrons. The molecule has 0 saturated heterocycles. The molecule has 0 saturated carbocycles. The molecule has 3 aromatic rings. The van der Waals surface area contributed by atoms with Crippen molar-refractivity contribution < 1.29 is 4.79 Å². The Kier molecular flexibility index (Phi) is 4.98. The van der Waals surface area contributed by atoms with E-state index < -0.39 is 6.03 Å². The Balaban J connectivity index is 1.63. The molecule has 6 nitrogen and oxygen atoms in total. The van der Waals surface area contributed by atoms with Crippen LogP contribution in [0, 0.1) is 0 Å². The first-order valence-electron chi connectivity index (χ1n) is 7.07. The molecule has 0 fully saturated rings. The number of halogens is 2. The number of aromatic amines is 1. The molecule has 0 unspecified atom stereocenters. The Bertz CT molecular complexity index is 833. The number of hydrogen-bond donors (Lipinski definition) is 3. The molecule has 3 rings (SSSR count). The molecule has 0 aliphatic carbocycles. The third-order valence-electron chi connectivity index (χ3n) is 3.27. The molecule has 0 bridgehead atoms. The lowest BCUT2D eigenvalue weighted by atomic mass is 10.2. The maximum absolute atomic E-state index is 12.0. The minimum atomic E-state index is -0.403. The van der Waals surface area contributed by atoms with Gasteiger partial charge in [-0.05, 0) is 29.8 Å². The summed E-state index contributed by atoms with van der Waals surface area (Å²) in [4.78, 5) is 15.9. The molecular weight excluding hydrogens is 349 g/mol. The number of pyridine rings is 1. The van der Waals surface area contributed by atoms with Crippen LogP contribution in [0.2, 0.25) is 10.0 Å². The van der Waals surface area contributed by atoms with Gasteiger partial charge in [0.05, 0.1) is 5.69 Å². The van der Waals surface area contributed by atoms with Gasteiger partial charge in [-0.1, -0.05) is 35.3 Å². The van der Waals surface area contributed by atoms with E-state index in [0.717, 1.165) is 11.1 Å². The van der Waals surface area contributed by atoms with Gasteiger partial charge in [-0.3, -0.25) is 15.4 Å². The highest BCUT2D eigenvalue weighted by molar-refractivity contribution is 6.35. The van der Waals surface area contributed by atoms with Crippen molar-refractivity contribution in [3.8, 4) is 11.3 Å². The van der Waals surface area contributed by atoms with Crippen molar-refractivity contribution in [2.45, 2.75) is 6.54 Å². The van der Waals surface area contributed by atoms with E-state index in [2.05, 4.69) is 25.8 Å². The van der Waals surface area contributed by atoms with Gasteiger partial charge in [-0.15, -0.1) is 0 Å². The summed E-state index contributed by atoms with van der Waals surface area (Å²) in [6, 6.07) is 10.4. The Hall–Kier alpha value is -2.57. The van der Waals surface area contributed by atoms with Crippen LogP contribution in [0.15, 0.2) is 48.8 Å². The topological polar surface area (TPSA) is 82.7 Å². The molecule has 2 heterocycles. The van der Waals surface area contributed by atoms with Crippen LogP contribution in [0.3, 0.4) is 0 Å². The standard InChI is InChI=1S/C16H13Cl2N5O/c17-12-3-1-10(2-4-12)9-20-16(24)21-15-13(18)14(22-23-15)11-5-7-19-8-6-11/h1-8H,9H2,(H3,20,21,22,23,24). The number of nitrogens with zero attached hydrogens (tertiary/aromatic N) is 2. The van der Waals surface area contributed by atoms with Gasteiger partial charge >= 0.3 is 6.03 Å². The number of carbonyl (C=O) groups excluding carboxylic acids is 1. The summed E-state index contributed by atoms with van der Waals surface area (Å²) < 4.78 is 0. The molecular formula is C16H13Cl2N5O. The molecule has 24 heavy (non-hydrogen) atoms. The fourth-order valence-corrected chi connectivity index (χ4v) is 2.42. The Morgan fingerprint density at radius 1 is 1.08 bits per heavy atom. The zero-order valence-electron chi connectivity index (χ0n) is 12.4. The van der Waals surface area contributed by atoms with E-state index in [1.807, 2.05) is 12.1 Å². The lowest BCUT2D eigenvalue weighted by Crippen LogP contribution is -2.28. The molecule has 0 atom stereocenters. The molecule has 2 aromatic heterocycles. The predicted molar refractivity (Wildman–Crippen MR) is 94.1 cm³/mol. The van der Waals surface area contributed by atoms with E-state index in [0.29, 0.717) is 22.3 Å². The maximum atomic E-state index is 12.0. The number of rotatable bonds is 4. The van der Waals surface area contributed by atoms with Crippen molar-refractivity contribution in [3.63, 3.8) is 0 Å². The summed E-state index contributed by atoms with van der Waals surface area (Å²) in [5.41, 5.74) is 2.38. The van der Waals surface area contributed by atoms with Gasteiger partial charge in [0.25, 0.3) is 0 Å². The predicted octanol–water partition coefficient (Wildman–Crippen LogP) is 4.10. The molecule has 0 aliphatic rings. The van der Waals surface area contributed by atoms with Crippen molar-refractivity contribution in [2.75, 3.05) is 5.32 Å². The second-order valence-electron chi connectivity index (χ2n) is 4.93. The summed E-state index contributed by atoms with van der Waals surface area (Å²) in [7, 11) is 0. The van der Waals surface area contributed by atoms with E-state index in [4.69, 9.17) is 23.2 Å². The zero-order valence-corrected chi connectivity index (χ0v) is 13.9. The highest BCUT2D eigenvalue weighted by Crippen LogP contribution is 2.30. The van der Waals surface area contributed by atoms with Crippen molar-refractivity contribution in [1.82, 2.24) is 20.5 Å². The van der Waals surface area contributed by atoms with E-state index in [1.165, 1.54) is 0 Å². The summed E-state index contributed by atoms with van der Waals surface area (Å²) in [6.45, 7) is 0.363. The lowest BCUT2D eigenvalue weighted by molar-refractivity contribution is 0.251. The van der Waals surface area contributed by atoms with Gasteiger partial charge in [-0.25, -0.2) is 4.79 Å². The second-order valence-corrected chi connectivity index (χ2v) is 5.75. The highest BCUT2D eigenvalue weighted by atomic mass is 35.5. The average molecular weight is 362 g/mol. The molecule has 8 heteroatoms. The summed E-state index contributed by atoms with van der Waals surface area (Å²) in [6.07, 6.45) is 3.30. The van der Waals surface area contributed by atoms with Crippen LogP contribution in [-0.2, 0) is 6.54 Å². The quantitative estimate of drug-likeness (QED) is 0.653. The monoisotopic (exact) mass is 361 g/mol. The van der Waals surface area contributed by atoms with E-state index in [-0.39, 0.29) is 5.82 Å². The summed E-state index contributed by atoms with van der Waals surface area (Å²) in [5.74, 6) is 0.261. The summed E-state index contributed by atoms with van der Waals surface area (Å²) in [5, 5.41) is 13.2. The maximum Gasteiger partial charge on any atom is 0.320 e. The molecule has 1 aromatic carbocycles. The van der Waals surface area contributed by atoms with Crippen molar-refractivity contribution in [3.05, 3.63) is 64.4 Å². The van der Waals surface area contributed by atoms with Crippen LogP contribution in [0.5, 0.6) is 0 Å². The number of benzene rings is 1. The van der Waals surface area contributed by atoms with Crippen molar-refractivity contribution >= 4 is 35.1 Å². The summed E-state index contributed by atoms with van der Waals surface area (Å²) >= 11 is 12.1. The smallest absolute Gasteiger partial charge is 0.320 e. The first kappa shape index (κ1) is 16.3. The van der Waals surface area contributed by atoms with E-state index in [1.54, 1.807) is 36.7 Å². The Morgan fingerprint density at radius 2 is 1.79 bits per heavy atom. The van der Waals surface area contributed by atoms with Gasteiger partial charge < -0.3 is 5.32 Å². The fraction of sp³-hybridized carbons (Fsp3) is 0.0625. The number of hydrogen-bond acceptors (Lipinski definition) is 3. The number of amides is 2. The van der Waals surface area contributed by atoms with Crippen molar-refractivity contribution in [1.29, 1.82) is 0 Å². The van der Waals surface area contributed by atoms with Gasteiger partial charge in [0.2, 0.25) is 0 Å². The molecule has 0 spiro atoms. The molecule has 2 amide bonds. The van der Waals surface area contributed by atoms with E-state index in [9.17, 15) is 4.79 Å². The SMILES string of the molecule is O=C(NCc1ccc(Cl)cc1)Nc1n[nH]c(-c2ccncc2)c1Cl. The van der Waals surface area contributed by atoms with Crippen LogP contribution < -0.4 is 10.6 Å². The zero-order chi connectivity index (χ0) is 16.9. The van der Waals surface area contributed by atoms with Crippen LogP contribution in [0.4, 0.5) is 10.6 Å². The minimum absolute atomic E-state index is 0.261. The third kappa shape index (κ3) is 3.84. The largest absolute Gasteiger partial charge is 0.334 e. The van der Waals surface area contributed by atoms with Gasteiger partial charge in [0.1, 0.15) is 5.02 Å². The normalized spacial score (nSPS) is 10.4. The molecule has 122 valence electrons. The minimum Gasteiger partial charge on any atom is -0.334 e. The Morgan fingerprint density at radius 3 is 2.50 bits per heavy atom. The number of anilines is 1. The van der Waals surface area contributed by atoms with Crippen LogP contribution >= 0.6 is 23.2 Å². The lowest BCUT2D eigenvalue weighted by Gasteiger charge is -2.06. The first-order valence-corrected chi connectivity index (χ1v) is 7.82. The number of H-pyrrole nitrogens is 1. The number of aromatic nitrogens is 3. The second kappa shape index (κ2) is 7.33. The first-order chi connectivity index (χ1) is 11.6. The highest BCUT2D eigenvalue weighted by Gasteiger charge is 2.14. The van der Waals surface area contributed by atoms with Crippen LogP contribution in [-0.4, -0.2) is 21.2 Å². The van der Waals surface area contributed by atoms with Gasteiger partial charge in [-0.2, -0.15) is 5.10 Å². The van der Waals surface area contributed by atoms with Crippen molar-refractivity contribution in [2.24, 2.45) is 0 Å². The van der Waals surface area contributed by atoms with Gasteiger partial charge in [0, 0.05) is 29.5 Å². The van der Waals surface area contributed by atoms with Crippen LogP contribution in [0.25, 0.3) is 11.3 Å². The van der Waals surface area contributed by atoms with E-state index >= 15 is 0 Å². The molecule has 3 N–H and O–H groups in total. The number of nitrogens with one attached hydrogen (secondary N) is 3. The average Bonchev–Trinajstić information content (AvgIpc) is 2.96. The molecule has 0 aliphatic heterocycles. The third-order valence-corrected chi connectivity index (χ3v) is 3.89.